The van der Waals surface area contributed by atoms with Crippen molar-refractivity contribution in [2.24, 2.45) is 4.99 Å². The van der Waals surface area contributed by atoms with E-state index in [4.69, 9.17) is 9.98 Å². The summed E-state index contributed by atoms with van der Waals surface area (Å²) in [6.07, 6.45) is 5.06. The highest BCUT2D eigenvalue weighted by Gasteiger charge is 2.19. The van der Waals surface area contributed by atoms with Crippen molar-refractivity contribution in [2.45, 2.75) is 12.5 Å². The number of hydrogen-bond acceptors (Lipinski definition) is 4. The molecule has 7 rings (SSSR count). The average molecular weight is 545 g/mol. The van der Waals surface area contributed by atoms with E-state index in [0.29, 0.717) is 23.1 Å². The van der Waals surface area contributed by atoms with Crippen LogP contribution in [0.15, 0.2) is 149 Å². The summed E-state index contributed by atoms with van der Waals surface area (Å²) < 4.78 is 1.71. The van der Waals surface area contributed by atoms with Crippen LogP contribution in [-0.4, -0.2) is 21.3 Å². The fourth-order valence-corrected chi connectivity index (χ4v) is 5.39. The van der Waals surface area contributed by atoms with E-state index in [2.05, 4.69) is 47.8 Å². The predicted molar refractivity (Wildman–Crippen MR) is 173 cm³/mol. The van der Waals surface area contributed by atoms with Crippen molar-refractivity contribution in [3.05, 3.63) is 161 Å². The third-order valence-electron chi connectivity index (χ3n) is 7.50. The number of aromatic nitrogens is 2. The Labute approximate surface area is 244 Å². The lowest BCUT2D eigenvalue weighted by atomic mass is 10.0. The van der Waals surface area contributed by atoms with Gasteiger partial charge in [-0.25, -0.2) is 4.98 Å². The monoisotopic (exact) mass is 544 g/mol. The second kappa shape index (κ2) is 11.1. The minimum absolute atomic E-state index is 0.0595. The van der Waals surface area contributed by atoms with Crippen molar-refractivity contribution >= 4 is 34.1 Å². The molecule has 6 aromatic rings. The number of hydrogen-bond donors (Lipinski definition) is 1. The van der Waals surface area contributed by atoms with E-state index in [1.165, 1.54) is 0 Å². The van der Waals surface area contributed by atoms with Gasteiger partial charge in [-0.1, -0.05) is 109 Å². The minimum atomic E-state index is -0.0942. The Hall–Kier alpha value is -5.55. The van der Waals surface area contributed by atoms with E-state index in [0.717, 1.165) is 39.5 Å². The van der Waals surface area contributed by atoms with Crippen LogP contribution in [0.2, 0.25) is 0 Å². The molecule has 0 fully saturated rings. The van der Waals surface area contributed by atoms with Gasteiger partial charge in [0.1, 0.15) is 5.82 Å². The maximum Gasteiger partial charge on any atom is 0.266 e. The number of anilines is 1. The second-order valence-corrected chi connectivity index (χ2v) is 10.3. The fraction of sp³-hybridized carbons (Fsp3) is 0.0541. The summed E-state index contributed by atoms with van der Waals surface area (Å²) in [4.78, 5) is 23.8. The van der Waals surface area contributed by atoms with E-state index in [9.17, 15) is 4.79 Å². The molecule has 0 amide bonds. The molecule has 0 saturated heterocycles. The van der Waals surface area contributed by atoms with Gasteiger partial charge in [0.15, 0.2) is 0 Å². The lowest BCUT2D eigenvalue weighted by Gasteiger charge is -2.16. The molecule has 0 saturated carbocycles. The maximum absolute atomic E-state index is 13.8. The van der Waals surface area contributed by atoms with Crippen LogP contribution in [0.5, 0.6) is 0 Å². The molecule has 1 aromatic heterocycles. The van der Waals surface area contributed by atoms with E-state index in [-0.39, 0.29) is 11.6 Å². The van der Waals surface area contributed by atoms with Crippen LogP contribution < -0.4 is 10.9 Å². The van der Waals surface area contributed by atoms with Gasteiger partial charge in [0.05, 0.1) is 39.7 Å². The first kappa shape index (κ1) is 25.4. The third-order valence-corrected chi connectivity index (χ3v) is 7.50. The largest absolute Gasteiger partial charge is 0.377 e. The molecule has 1 aliphatic heterocycles. The highest BCUT2D eigenvalue weighted by atomic mass is 16.1. The van der Waals surface area contributed by atoms with Gasteiger partial charge in [0.2, 0.25) is 0 Å². The first-order chi connectivity index (χ1) is 20.7. The van der Waals surface area contributed by atoms with Gasteiger partial charge < -0.3 is 5.32 Å². The SMILES string of the molecule is O=c1c2ccccc2nc(-c2ccccc2)n1-c1ccc(C2=Nc3ccccc3NC(/C=C/c3ccccc3)C2)cc1. The highest BCUT2D eigenvalue weighted by Crippen LogP contribution is 2.31. The zero-order valence-electron chi connectivity index (χ0n) is 22.9. The fourth-order valence-electron chi connectivity index (χ4n) is 5.39. The zero-order chi connectivity index (χ0) is 28.3. The van der Waals surface area contributed by atoms with Gasteiger partial charge in [-0.15, -0.1) is 0 Å². The molecule has 1 unspecified atom stereocenters. The van der Waals surface area contributed by atoms with Crippen molar-refractivity contribution in [2.75, 3.05) is 5.32 Å². The van der Waals surface area contributed by atoms with Gasteiger partial charge in [0.25, 0.3) is 5.56 Å². The first-order valence-corrected chi connectivity index (χ1v) is 14.1. The molecule has 42 heavy (non-hydrogen) atoms. The molecular formula is C37H28N4O. The van der Waals surface area contributed by atoms with Crippen molar-refractivity contribution in [1.29, 1.82) is 0 Å². The first-order valence-electron chi connectivity index (χ1n) is 14.1. The molecule has 0 bridgehead atoms. The second-order valence-electron chi connectivity index (χ2n) is 10.3. The number of rotatable bonds is 5. The topological polar surface area (TPSA) is 59.3 Å². The molecule has 1 aliphatic rings. The average Bonchev–Trinajstić information content (AvgIpc) is 3.24. The third kappa shape index (κ3) is 5.04. The molecule has 202 valence electrons. The van der Waals surface area contributed by atoms with Crippen LogP contribution in [0.4, 0.5) is 11.4 Å². The van der Waals surface area contributed by atoms with Crippen LogP contribution in [0, 0.1) is 0 Å². The van der Waals surface area contributed by atoms with E-state index in [1.54, 1.807) is 4.57 Å². The normalized spacial score (nSPS) is 14.7. The summed E-state index contributed by atoms with van der Waals surface area (Å²) in [7, 11) is 0. The number of aliphatic imine (C=N–C) groups is 1. The molecule has 0 spiro atoms. The van der Waals surface area contributed by atoms with E-state index < -0.39 is 0 Å². The number of nitrogens with zero attached hydrogens (tertiary/aromatic N) is 3. The molecule has 5 heteroatoms. The summed E-state index contributed by atoms with van der Waals surface area (Å²) in [6.45, 7) is 0. The lowest BCUT2D eigenvalue weighted by molar-refractivity contribution is 0.934. The molecular weight excluding hydrogens is 516 g/mol. The van der Waals surface area contributed by atoms with Crippen LogP contribution in [-0.2, 0) is 0 Å². The van der Waals surface area contributed by atoms with Gasteiger partial charge in [-0.05, 0) is 47.5 Å². The van der Waals surface area contributed by atoms with E-state index in [1.807, 2.05) is 103 Å². The maximum atomic E-state index is 13.8. The van der Waals surface area contributed by atoms with Crippen LogP contribution in [0.1, 0.15) is 17.5 Å². The number of para-hydroxylation sites is 3. The lowest BCUT2D eigenvalue weighted by Crippen LogP contribution is -2.22. The van der Waals surface area contributed by atoms with Gasteiger partial charge in [0, 0.05) is 12.0 Å². The minimum Gasteiger partial charge on any atom is -0.377 e. The Morgan fingerprint density at radius 1 is 0.714 bits per heavy atom. The number of nitrogens with one attached hydrogen (secondary N) is 1. The molecule has 2 heterocycles. The number of benzene rings is 5. The van der Waals surface area contributed by atoms with Gasteiger partial charge in [-0.2, -0.15) is 0 Å². The van der Waals surface area contributed by atoms with E-state index >= 15 is 0 Å². The Morgan fingerprint density at radius 3 is 2.21 bits per heavy atom. The van der Waals surface area contributed by atoms with Crippen LogP contribution in [0.3, 0.4) is 0 Å². The van der Waals surface area contributed by atoms with Gasteiger partial charge in [-0.3, -0.25) is 14.4 Å². The standard InChI is InChI=1S/C37H28N4O/c42-37-31-15-7-8-16-32(31)40-36(28-13-5-2-6-14-28)41(37)30-23-20-27(21-24-30)35-25-29(22-19-26-11-3-1-4-12-26)38-33-17-9-10-18-34(33)39-35/h1-24,29,38H,25H2/b22-19+. The Kier molecular flexibility index (Phi) is 6.74. The molecule has 1 atom stereocenters. The van der Waals surface area contributed by atoms with Crippen molar-refractivity contribution < 1.29 is 0 Å². The molecule has 1 N–H and O–H groups in total. The Balaban J connectivity index is 1.29. The smallest absolute Gasteiger partial charge is 0.266 e. The summed E-state index contributed by atoms with van der Waals surface area (Å²) in [5.41, 5.74) is 7.30. The molecule has 5 aromatic carbocycles. The summed E-state index contributed by atoms with van der Waals surface area (Å²) in [5.74, 6) is 0.614. The number of fused-ring (bicyclic) bond motifs is 2. The predicted octanol–water partition coefficient (Wildman–Crippen LogP) is 8.07. The molecule has 5 nitrogen and oxygen atoms in total. The zero-order valence-corrected chi connectivity index (χ0v) is 22.9. The molecule has 0 aliphatic carbocycles. The van der Waals surface area contributed by atoms with Crippen molar-refractivity contribution in [1.82, 2.24) is 9.55 Å². The van der Waals surface area contributed by atoms with Crippen LogP contribution in [0.25, 0.3) is 34.1 Å². The summed E-state index contributed by atoms with van der Waals surface area (Å²) in [6, 6.07) is 43.9. The highest BCUT2D eigenvalue weighted by molar-refractivity contribution is 6.04. The van der Waals surface area contributed by atoms with Crippen molar-refractivity contribution in [3.8, 4) is 17.1 Å². The quantitative estimate of drug-likeness (QED) is 0.239. The molecule has 0 radical (unpaired) electrons. The summed E-state index contributed by atoms with van der Waals surface area (Å²) in [5, 5.41) is 4.25. The van der Waals surface area contributed by atoms with Crippen LogP contribution >= 0.6 is 0 Å². The van der Waals surface area contributed by atoms with Gasteiger partial charge >= 0.3 is 0 Å². The Bertz CT molecular complexity index is 1990. The van der Waals surface area contributed by atoms with Crippen molar-refractivity contribution in [3.63, 3.8) is 0 Å². The summed E-state index contributed by atoms with van der Waals surface area (Å²) >= 11 is 0. The Morgan fingerprint density at radius 2 is 1.40 bits per heavy atom.